The van der Waals surface area contributed by atoms with Crippen LogP contribution in [0.15, 0.2) is 40.7 Å². The average molecular weight is 491 g/mol. The topological polar surface area (TPSA) is 87.8 Å². The van der Waals surface area contributed by atoms with E-state index in [0.717, 1.165) is 32.3 Å². The third-order valence-electron chi connectivity index (χ3n) is 6.42. The van der Waals surface area contributed by atoms with Crippen molar-refractivity contribution in [1.82, 2.24) is 9.78 Å². The fourth-order valence-electron chi connectivity index (χ4n) is 4.77. The summed E-state index contributed by atoms with van der Waals surface area (Å²) in [5.74, 6) is 0.229. The summed E-state index contributed by atoms with van der Waals surface area (Å²) in [7, 11) is 0. The summed E-state index contributed by atoms with van der Waals surface area (Å²) in [5, 5.41) is 16.9. The van der Waals surface area contributed by atoms with Crippen LogP contribution in [0.2, 0.25) is 0 Å². The highest BCUT2D eigenvalue weighted by atomic mass is 32.2. The van der Waals surface area contributed by atoms with Crippen LogP contribution < -0.4 is 5.32 Å². The van der Waals surface area contributed by atoms with Crippen molar-refractivity contribution in [3.63, 3.8) is 0 Å². The maximum atomic E-state index is 13.2. The Bertz CT molecular complexity index is 1290. The van der Waals surface area contributed by atoms with E-state index >= 15 is 0 Å². The number of Topliss-reactive ketones (excluding diaryl/α,β-unsaturated/α-hetero) is 1. The minimum Gasteiger partial charge on any atom is -0.306 e. The van der Waals surface area contributed by atoms with Gasteiger partial charge in [-0.25, -0.2) is 4.79 Å². The molecule has 5 rings (SSSR count). The Labute approximate surface area is 207 Å². The molecule has 6 nitrogen and oxygen atoms in total. The molecule has 1 amide bonds. The molecule has 0 bridgehead atoms. The molecule has 0 spiro atoms. The van der Waals surface area contributed by atoms with E-state index in [4.69, 9.17) is 5.26 Å². The third kappa shape index (κ3) is 4.55. The lowest BCUT2D eigenvalue weighted by molar-refractivity contribution is 0.0910. The lowest BCUT2D eigenvalue weighted by atomic mass is 9.74. The first-order chi connectivity index (χ1) is 16.3. The number of anilines is 1. The highest BCUT2D eigenvalue weighted by Crippen LogP contribution is 2.50. The Balaban J connectivity index is 1.45. The summed E-state index contributed by atoms with van der Waals surface area (Å²) >= 11 is 3.52. The molecule has 2 aliphatic carbocycles. The monoisotopic (exact) mass is 490 g/mol. The van der Waals surface area contributed by atoms with Crippen molar-refractivity contribution < 1.29 is 9.59 Å². The van der Waals surface area contributed by atoms with Gasteiger partial charge in [-0.15, -0.1) is 23.1 Å². The van der Waals surface area contributed by atoms with Gasteiger partial charge >= 0.3 is 6.03 Å². The van der Waals surface area contributed by atoms with Gasteiger partial charge in [0.05, 0.1) is 20.7 Å². The molecule has 1 aromatic carbocycles. The van der Waals surface area contributed by atoms with Crippen molar-refractivity contribution in [3.05, 3.63) is 53.2 Å². The molecule has 0 radical (unpaired) electrons. The number of nitriles is 1. The van der Waals surface area contributed by atoms with Gasteiger partial charge in [0, 0.05) is 29.1 Å². The number of nitrogens with one attached hydrogen (secondary N) is 1. The first-order valence-electron chi connectivity index (χ1n) is 11.6. The van der Waals surface area contributed by atoms with Gasteiger partial charge in [0.1, 0.15) is 5.69 Å². The molecule has 0 aliphatic heterocycles. The van der Waals surface area contributed by atoms with Gasteiger partial charge in [-0.1, -0.05) is 26.7 Å². The van der Waals surface area contributed by atoms with E-state index in [1.54, 1.807) is 41.8 Å². The number of amides is 1. The molecule has 1 N–H and O–H groups in total. The molecule has 8 heteroatoms. The fourth-order valence-corrected chi connectivity index (χ4v) is 7.88. The number of benzene rings is 1. The second-order valence-electron chi connectivity index (χ2n) is 9.80. The molecule has 3 aromatic rings. The van der Waals surface area contributed by atoms with Crippen molar-refractivity contribution in [3.8, 4) is 16.6 Å². The van der Waals surface area contributed by atoms with E-state index in [2.05, 4.69) is 30.3 Å². The fraction of sp³-hybridized carbons (Fsp3) is 0.385. The zero-order valence-corrected chi connectivity index (χ0v) is 20.9. The molecule has 0 atom stereocenters. The lowest BCUT2D eigenvalue weighted by Gasteiger charge is -2.29. The highest BCUT2D eigenvalue weighted by molar-refractivity contribution is 8.01. The molecule has 2 heterocycles. The van der Waals surface area contributed by atoms with Gasteiger partial charge < -0.3 is 5.32 Å². The largest absolute Gasteiger partial charge is 0.346 e. The number of aromatic nitrogens is 2. The predicted molar refractivity (Wildman–Crippen MR) is 136 cm³/mol. The Morgan fingerprint density at radius 3 is 2.65 bits per heavy atom. The zero-order chi connectivity index (χ0) is 23.9. The van der Waals surface area contributed by atoms with Crippen LogP contribution in [0.25, 0.3) is 10.6 Å². The summed E-state index contributed by atoms with van der Waals surface area (Å²) in [6, 6.07) is 10.2. The summed E-state index contributed by atoms with van der Waals surface area (Å²) in [6.07, 6.45) is 7.98. The maximum Gasteiger partial charge on any atom is 0.346 e. The van der Waals surface area contributed by atoms with Gasteiger partial charge in [0.25, 0.3) is 0 Å². The van der Waals surface area contributed by atoms with E-state index in [0.29, 0.717) is 22.9 Å². The van der Waals surface area contributed by atoms with Crippen molar-refractivity contribution in [2.75, 3.05) is 5.32 Å². The van der Waals surface area contributed by atoms with Crippen molar-refractivity contribution in [2.24, 2.45) is 5.41 Å². The van der Waals surface area contributed by atoms with Gasteiger partial charge in [-0.2, -0.15) is 15.0 Å². The van der Waals surface area contributed by atoms with Crippen LogP contribution >= 0.6 is 23.1 Å². The smallest absolute Gasteiger partial charge is 0.306 e. The second-order valence-corrected chi connectivity index (χ2v) is 12.4. The second kappa shape index (κ2) is 9.05. The van der Waals surface area contributed by atoms with Crippen LogP contribution in [-0.4, -0.2) is 26.8 Å². The molecule has 2 aromatic heterocycles. The Hall–Kier alpha value is -2.89. The summed E-state index contributed by atoms with van der Waals surface area (Å²) in [5.41, 5.74) is 3.74. The van der Waals surface area contributed by atoms with Crippen LogP contribution in [0.5, 0.6) is 0 Å². The standard InChI is InChI=1S/C26H26N4O2S2/c1-26(2)13-19-22(21(31)14-26)24(33-18-5-3-4-6-18)34-23(19)20-11-12-30(29-20)25(32)28-17-9-7-16(15-27)8-10-17/h7-12,18H,3-6,13-14H2,1-2H3,(H,28,32). The Morgan fingerprint density at radius 1 is 1.21 bits per heavy atom. The van der Waals surface area contributed by atoms with E-state index in [1.807, 2.05) is 17.8 Å². The van der Waals surface area contributed by atoms with Crippen LogP contribution in [0.1, 0.15) is 67.4 Å². The molecular formula is C26H26N4O2S2. The van der Waals surface area contributed by atoms with E-state index in [-0.39, 0.29) is 17.2 Å². The summed E-state index contributed by atoms with van der Waals surface area (Å²) in [4.78, 5) is 26.9. The number of nitrogens with zero attached hydrogens (tertiary/aromatic N) is 3. The van der Waals surface area contributed by atoms with Crippen molar-refractivity contribution in [1.29, 1.82) is 5.26 Å². The van der Waals surface area contributed by atoms with Gasteiger partial charge in [-0.05, 0) is 60.6 Å². The summed E-state index contributed by atoms with van der Waals surface area (Å²) in [6.45, 7) is 4.28. The number of thiophene rings is 1. The molecule has 0 unspecified atom stereocenters. The van der Waals surface area contributed by atoms with E-state index in [1.165, 1.54) is 30.4 Å². The van der Waals surface area contributed by atoms with Crippen LogP contribution in [0, 0.1) is 16.7 Å². The quantitative estimate of drug-likeness (QED) is 0.437. The average Bonchev–Trinajstić information content (AvgIpc) is 3.54. The minimum atomic E-state index is -0.377. The molecule has 1 saturated carbocycles. The van der Waals surface area contributed by atoms with Crippen molar-refractivity contribution in [2.45, 2.75) is 61.8 Å². The van der Waals surface area contributed by atoms with Crippen LogP contribution in [-0.2, 0) is 6.42 Å². The van der Waals surface area contributed by atoms with Gasteiger partial charge in [-0.3, -0.25) is 4.79 Å². The van der Waals surface area contributed by atoms with Gasteiger partial charge in [0.15, 0.2) is 5.78 Å². The number of ketones is 1. The van der Waals surface area contributed by atoms with E-state index in [9.17, 15) is 9.59 Å². The number of carbonyl (C=O) groups excluding carboxylic acids is 2. The Morgan fingerprint density at radius 2 is 1.94 bits per heavy atom. The number of rotatable bonds is 4. The Kier molecular flexibility index (Phi) is 6.09. The normalized spacial score (nSPS) is 17.4. The molecule has 1 fully saturated rings. The molecule has 2 aliphatic rings. The van der Waals surface area contributed by atoms with Crippen LogP contribution in [0.4, 0.5) is 10.5 Å². The summed E-state index contributed by atoms with van der Waals surface area (Å²) < 4.78 is 2.41. The number of hydrogen-bond acceptors (Lipinski definition) is 6. The number of hydrogen-bond donors (Lipinski definition) is 1. The SMILES string of the molecule is CC1(C)CC(=O)c2c(SC3CCCC3)sc(-c3ccn(C(=O)Nc4ccc(C#N)cc4)n3)c2C1. The molecular weight excluding hydrogens is 464 g/mol. The van der Waals surface area contributed by atoms with E-state index < -0.39 is 0 Å². The third-order valence-corrected chi connectivity index (χ3v) is 9.23. The van der Waals surface area contributed by atoms with Crippen LogP contribution in [0.3, 0.4) is 0 Å². The van der Waals surface area contributed by atoms with Crippen molar-refractivity contribution >= 4 is 40.6 Å². The number of carbonyl (C=O) groups is 2. The minimum absolute atomic E-state index is 0.0925. The van der Waals surface area contributed by atoms with Gasteiger partial charge in [0.2, 0.25) is 0 Å². The highest BCUT2D eigenvalue weighted by Gasteiger charge is 2.37. The number of fused-ring (bicyclic) bond motifs is 1. The first-order valence-corrected chi connectivity index (χ1v) is 13.3. The first kappa shape index (κ1) is 22.9. The molecule has 34 heavy (non-hydrogen) atoms. The lowest BCUT2D eigenvalue weighted by Crippen LogP contribution is -2.26. The number of thioether (sulfide) groups is 1. The maximum absolute atomic E-state index is 13.2. The molecule has 174 valence electrons. The zero-order valence-electron chi connectivity index (χ0n) is 19.3. The molecule has 0 saturated heterocycles. The predicted octanol–water partition coefficient (Wildman–Crippen LogP) is 6.75.